The fourth-order valence-electron chi connectivity index (χ4n) is 3.49. The monoisotopic (exact) mass is 672 g/mol. The predicted molar refractivity (Wildman–Crippen MR) is 161 cm³/mol. The van der Waals surface area contributed by atoms with Gasteiger partial charge in [-0.1, -0.05) is 12.7 Å². The quantitative estimate of drug-likeness (QED) is 0.0366. The molecule has 0 spiro atoms. The molecule has 264 valence electrons. The largest absolute Gasteiger partial charge is 0.469 e. The average molecular weight is 673 g/mol. The molecule has 0 radical (unpaired) electrons. The number of ketones is 1. The van der Waals surface area contributed by atoms with E-state index in [1.54, 1.807) is 0 Å². The first-order chi connectivity index (χ1) is 22.1. The van der Waals surface area contributed by atoms with Crippen LogP contribution in [0.15, 0.2) is 12.7 Å². The van der Waals surface area contributed by atoms with Crippen LogP contribution in [0.2, 0.25) is 0 Å². The predicted octanol–water partition coefficient (Wildman–Crippen LogP) is -3.74. The van der Waals surface area contributed by atoms with Gasteiger partial charge in [-0.25, -0.2) is 4.79 Å². The van der Waals surface area contributed by atoms with Crippen LogP contribution in [-0.2, 0) is 62.1 Å². The van der Waals surface area contributed by atoms with E-state index >= 15 is 0 Å². The Morgan fingerprint density at radius 3 is 1.91 bits per heavy atom. The molecule has 0 saturated heterocycles. The van der Waals surface area contributed by atoms with Crippen LogP contribution < -0.4 is 32.3 Å². The summed E-state index contributed by atoms with van der Waals surface area (Å²) in [5.74, 6) is -7.24. The Balaban J connectivity index is 5.43. The zero-order valence-electron chi connectivity index (χ0n) is 27.0. The van der Waals surface area contributed by atoms with Gasteiger partial charge in [0, 0.05) is 13.5 Å². The highest BCUT2D eigenvalue weighted by molar-refractivity contribution is 5.97. The van der Waals surface area contributed by atoms with Gasteiger partial charge < -0.3 is 56.1 Å². The third kappa shape index (κ3) is 17.4. The maximum absolute atomic E-state index is 12.9. The molecular formula is C28H44N6O13. The Bertz CT molecular complexity index is 1160. The van der Waals surface area contributed by atoms with E-state index in [1.807, 2.05) is 0 Å². The number of hydrogen-bond donors (Lipinski definition) is 6. The van der Waals surface area contributed by atoms with Crippen molar-refractivity contribution >= 4 is 53.2 Å². The van der Waals surface area contributed by atoms with Crippen molar-refractivity contribution in [3.8, 4) is 0 Å². The minimum absolute atomic E-state index is 0.0428. The van der Waals surface area contributed by atoms with Crippen LogP contribution in [0.25, 0.3) is 0 Å². The second-order valence-electron chi connectivity index (χ2n) is 9.97. The number of nitrogens with two attached hydrogens (primary N) is 1. The van der Waals surface area contributed by atoms with Gasteiger partial charge in [-0.2, -0.15) is 0 Å². The molecule has 5 amide bonds. The summed E-state index contributed by atoms with van der Waals surface area (Å²) >= 11 is 0. The molecule has 19 heteroatoms. The number of nitrogens with one attached hydrogen (secondary N) is 5. The van der Waals surface area contributed by atoms with Crippen molar-refractivity contribution in [2.24, 2.45) is 5.73 Å². The van der Waals surface area contributed by atoms with E-state index in [2.05, 4.69) is 42.6 Å². The lowest BCUT2D eigenvalue weighted by Crippen LogP contribution is -2.57. The number of carbonyl (C=O) groups is 9. The first kappa shape index (κ1) is 42.1. The number of hydrogen-bond acceptors (Lipinski definition) is 14. The van der Waals surface area contributed by atoms with Crippen LogP contribution in [0.5, 0.6) is 0 Å². The SMILES string of the molecule is C=CCOC(=O)C(CCC(C)=O)NC(=O)C(COC)NC(=O)CNC(=O)C(CC(=O)OC)NC(=O)C(C)NC(=O)C(N)CC(=O)OC. The minimum atomic E-state index is -1.56. The summed E-state index contributed by atoms with van der Waals surface area (Å²) in [6, 6.07) is -6.73. The molecule has 0 aromatic carbocycles. The van der Waals surface area contributed by atoms with Crippen molar-refractivity contribution < 1.29 is 62.1 Å². The Morgan fingerprint density at radius 1 is 0.766 bits per heavy atom. The molecule has 19 nitrogen and oxygen atoms in total. The lowest BCUT2D eigenvalue weighted by Gasteiger charge is -2.23. The number of carbonyl (C=O) groups excluding carboxylic acids is 9. The zero-order valence-corrected chi connectivity index (χ0v) is 27.0. The second kappa shape index (κ2) is 22.6. The van der Waals surface area contributed by atoms with Gasteiger partial charge in [-0.05, 0) is 20.3 Å². The molecule has 0 rings (SSSR count). The highest BCUT2D eigenvalue weighted by Gasteiger charge is 2.30. The molecule has 0 saturated carbocycles. The number of methoxy groups -OCH3 is 3. The molecule has 0 aliphatic heterocycles. The van der Waals surface area contributed by atoms with Crippen molar-refractivity contribution in [3.05, 3.63) is 12.7 Å². The lowest BCUT2D eigenvalue weighted by atomic mass is 10.1. The van der Waals surface area contributed by atoms with Crippen LogP contribution in [0.1, 0.15) is 39.5 Å². The van der Waals surface area contributed by atoms with E-state index in [-0.39, 0.29) is 31.8 Å². The Hall–Kier alpha value is -4.91. The van der Waals surface area contributed by atoms with E-state index in [0.717, 1.165) is 14.2 Å². The number of rotatable bonds is 22. The van der Waals surface area contributed by atoms with Gasteiger partial charge in [-0.3, -0.25) is 33.6 Å². The van der Waals surface area contributed by atoms with Crippen LogP contribution >= 0.6 is 0 Å². The molecule has 5 unspecified atom stereocenters. The number of Topliss-reactive ketones (excluding diaryl/α,β-unsaturated/α-hetero) is 1. The summed E-state index contributed by atoms with van der Waals surface area (Å²) in [6.45, 7) is 4.77. The Labute approximate surface area is 271 Å². The molecule has 0 aromatic heterocycles. The molecule has 0 aliphatic rings. The fraction of sp³-hybridized carbons (Fsp3) is 0.607. The van der Waals surface area contributed by atoms with Gasteiger partial charge in [0.1, 0.15) is 36.6 Å². The standard InChI is InChI=1S/C28H44N6O13/c1-7-10-47-28(43)18(9-8-15(2)35)33-27(42)20(14-44-4)32-21(36)13-30-26(41)19(12-23(38)46-6)34-24(39)16(3)31-25(40)17(29)11-22(37)45-5/h7,16-20H,1,8-14,29H2,2-6H3,(H,30,41)(H,31,40)(H,32,36)(H,33,42)(H,34,39). The molecule has 0 aromatic rings. The van der Waals surface area contributed by atoms with Crippen LogP contribution in [-0.4, -0.2) is 125 Å². The molecule has 47 heavy (non-hydrogen) atoms. The Kier molecular flexibility index (Phi) is 20.2. The van der Waals surface area contributed by atoms with Gasteiger partial charge in [0.15, 0.2) is 0 Å². The molecule has 0 aliphatic carbocycles. The lowest BCUT2D eigenvalue weighted by molar-refractivity contribution is -0.147. The van der Waals surface area contributed by atoms with Gasteiger partial charge in [-0.15, -0.1) is 0 Å². The minimum Gasteiger partial charge on any atom is -0.469 e. The number of esters is 3. The summed E-state index contributed by atoms with van der Waals surface area (Å²) in [7, 11) is 3.40. The maximum Gasteiger partial charge on any atom is 0.328 e. The van der Waals surface area contributed by atoms with Crippen LogP contribution in [0.3, 0.4) is 0 Å². The molecule has 5 atom stereocenters. The third-order valence-corrected chi connectivity index (χ3v) is 6.07. The number of ether oxygens (including phenoxy) is 4. The second-order valence-corrected chi connectivity index (χ2v) is 9.97. The fourth-order valence-corrected chi connectivity index (χ4v) is 3.49. The van der Waals surface area contributed by atoms with E-state index < -0.39 is 97.0 Å². The van der Waals surface area contributed by atoms with E-state index in [4.69, 9.17) is 15.2 Å². The molecular weight excluding hydrogens is 628 g/mol. The van der Waals surface area contributed by atoms with E-state index in [0.29, 0.717) is 0 Å². The average Bonchev–Trinajstić information content (AvgIpc) is 3.02. The maximum atomic E-state index is 12.9. The van der Waals surface area contributed by atoms with Gasteiger partial charge >= 0.3 is 17.9 Å². The Morgan fingerprint density at radius 2 is 1.36 bits per heavy atom. The summed E-state index contributed by atoms with van der Waals surface area (Å²) in [5, 5.41) is 11.5. The van der Waals surface area contributed by atoms with Crippen molar-refractivity contribution in [3.63, 3.8) is 0 Å². The van der Waals surface area contributed by atoms with Gasteiger partial charge in [0.2, 0.25) is 29.5 Å². The van der Waals surface area contributed by atoms with Crippen molar-refractivity contribution in [1.82, 2.24) is 26.6 Å². The third-order valence-electron chi connectivity index (χ3n) is 6.07. The van der Waals surface area contributed by atoms with E-state index in [1.165, 1.54) is 27.0 Å². The van der Waals surface area contributed by atoms with Gasteiger partial charge in [0.05, 0.1) is 46.3 Å². The zero-order chi connectivity index (χ0) is 36.1. The molecule has 0 bridgehead atoms. The summed E-state index contributed by atoms with van der Waals surface area (Å²) < 4.78 is 18.9. The van der Waals surface area contributed by atoms with E-state index in [9.17, 15) is 43.2 Å². The molecule has 0 heterocycles. The smallest absolute Gasteiger partial charge is 0.328 e. The summed E-state index contributed by atoms with van der Waals surface area (Å²) in [5.41, 5.74) is 5.62. The first-order valence-corrected chi connectivity index (χ1v) is 14.2. The van der Waals surface area contributed by atoms with Crippen LogP contribution in [0.4, 0.5) is 0 Å². The normalized spacial score (nSPS) is 13.6. The topological polar surface area (TPSA) is 277 Å². The highest BCUT2D eigenvalue weighted by atomic mass is 16.5. The first-order valence-electron chi connectivity index (χ1n) is 14.2. The molecule has 0 fully saturated rings. The highest BCUT2D eigenvalue weighted by Crippen LogP contribution is 2.03. The van der Waals surface area contributed by atoms with Crippen molar-refractivity contribution in [1.29, 1.82) is 0 Å². The molecule has 7 N–H and O–H groups in total. The number of amides is 5. The van der Waals surface area contributed by atoms with Crippen LogP contribution in [0, 0.1) is 0 Å². The van der Waals surface area contributed by atoms with Crippen molar-refractivity contribution in [2.45, 2.75) is 69.7 Å². The summed E-state index contributed by atoms with van der Waals surface area (Å²) in [4.78, 5) is 110. The van der Waals surface area contributed by atoms with Gasteiger partial charge in [0.25, 0.3) is 0 Å². The van der Waals surface area contributed by atoms with Crippen molar-refractivity contribution in [2.75, 3.05) is 41.1 Å². The summed E-state index contributed by atoms with van der Waals surface area (Å²) in [6.07, 6.45) is 0.0864.